The van der Waals surface area contributed by atoms with Crippen molar-refractivity contribution in [1.82, 2.24) is 10.2 Å². The molecule has 1 aliphatic rings. The van der Waals surface area contributed by atoms with Gasteiger partial charge in [-0.25, -0.2) is 0 Å². The van der Waals surface area contributed by atoms with E-state index in [0.29, 0.717) is 13.0 Å². The lowest BCUT2D eigenvalue weighted by Crippen LogP contribution is -2.51. The van der Waals surface area contributed by atoms with E-state index in [-0.39, 0.29) is 11.4 Å². The van der Waals surface area contributed by atoms with Crippen molar-refractivity contribution < 1.29 is 25.0 Å². The zero-order valence-electron chi connectivity index (χ0n) is 10.2. The third-order valence-electron chi connectivity index (χ3n) is 2.64. The van der Waals surface area contributed by atoms with E-state index < -0.39 is 30.5 Å². The number of carboxylic acids is 1. The lowest BCUT2D eigenvalue weighted by atomic mass is 10.2. The highest BCUT2D eigenvalue weighted by Crippen LogP contribution is 2.18. The fraction of sp³-hybridized carbons (Fsp3) is 0.700. The van der Waals surface area contributed by atoms with E-state index in [4.69, 9.17) is 10.8 Å². The van der Waals surface area contributed by atoms with Crippen molar-refractivity contribution in [1.29, 1.82) is 0 Å². The van der Waals surface area contributed by atoms with Crippen LogP contribution >= 0.6 is 0 Å². The van der Waals surface area contributed by atoms with Gasteiger partial charge in [0.25, 0.3) is 0 Å². The number of carbonyl (C=O) groups is 3. The standard InChI is InChI=1S/C10H17N3O4.H2O/c1-6(11)10(17)13-4-2-3-7(13)9(16)12-5-8(14)15;/h6-7H,2-5,11H2,1H3,(H,12,16)(H,14,15);1H2. The van der Waals surface area contributed by atoms with E-state index in [1.54, 1.807) is 6.92 Å². The number of amides is 2. The lowest BCUT2D eigenvalue weighted by Gasteiger charge is -2.25. The third kappa shape index (κ3) is 3.97. The maximum absolute atomic E-state index is 11.7. The normalized spacial score (nSPS) is 19.9. The summed E-state index contributed by atoms with van der Waals surface area (Å²) in [5.41, 5.74) is 5.48. The summed E-state index contributed by atoms with van der Waals surface area (Å²) in [6.45, 7) is 1.62. The topological polar surface area (TPSA) is 144 Å². The second-order valence-corrected chi connectivity index (χ2v) is 4.09. The molecule has 0 aliphatic carbocycles. The highest BCUT2D eigenvalue weighted by Gasteiger charge is 2.34. The zero-order valence-corrected chi connectivity index (χ0v) is 10.2. The summed E-state index contributed by atoms with van der Waals surface area (Å²) in [6, 6.07) is -1.24. The SMILES string of the molecule is CC(N)C(=O)N1CCCC1C(=O)NCC(=O)O.O. The Bertz CT molecular complexity index is 331. The van der Waals surface area contributed by atoms with Gasteiger partial charge in [-0.15, -0.1) is 0 Å². The summed E-state index contributed by atoms with van der Waals surface area (Å²) in [7, 11) is 0. The molecule has 1 fully saturated rings. The van der Waals surface area contributed by atoms with Gasteiger partial charge in [0.1, 0.15) is 12.6 Å². The molecule has 1 heterocycles. The molecule has 104 valence electrons. The van der Waals surface area contributed by atoms with Gasteiger partial charge in [-0.05, 0) is 19.8 Å². The van der Waals surface area contributed by atoms with Crippen LogP contribution in [0.4, 0.5) is 0 Å². The fourth-order valence-electron chi connectivity index (χ4n) is 1.85. The number of hydrogen-bond donors (Lipinski definition) is 3. The van der Waals surface area contributed by atoms with E-state index in [1.807, 2.05) is 0 Å². The maximum atomic E-state index is 11.7. The van der Waals surface area contributed by atoms with E-state index in [9.17, 15) is 14.4 Å². The number of likely N-dealkylation sites (tertiary alicyclic amines) is 1. The molecule has 2 amide bonds. The van der Waals surface area contributed by atoms with Crippen LogP contribution in [-0.2, 0) is 14.4 Å². The molecule has 0 aromatic carbocycles. The summed E-state index contributed by atoms with van der Waals surface area (Å²) < 4.78 is 0. The monoisotopic (exact) mass is 261 g/mol. The number of rotatable bonds is 4. The van der Waals surface area contributed by atoms with Crippen molar-refractivity contribution in [2.75, 3.05) is 13.1 Å². The number of aliphatic carboxylic acids is 1. The molecule has 2 atom stereocenters. The Morgan fingerprint density at radius 1 is 1.50 bits per heavy atom. The number of carboxylic acid groups (broad SMARTS) is 1. The molecule has 1 aliphatic heterocycles. The molecule has 8 heteroatoms. The molecule has 0 radical (unpaired) electrons. The number of nitrogens with zero attached hydrogens (tertiary/aromatic N) is 1. The minimum atomic E-state index is -1.11. The third-order valence-corrected chi connectivity index (χ3v) is 2.64. The minimum absolute atomic E-state index is 0. The predicted molar refractivity (Wildman–Crippen MR) is 62.6 cm³/mol. The van der Waals surface area contributed by atoms with Gasteiger partial charge in [0.05, 0.1) is 6.04 Å². The molecule has 0 saturated carbocycles. The van der Waals surface area contributed by atoms with Gasteiger partial charge in [-0.3, -0.25) is 14.4 Å². The second-order valence-electron chi connectivity index (χ2n) is 4.09. The van der Waals surface area contributed by atoms with Crippen LogP contribution < -0.4 is 11.1 Å². The highest BCUT2D eigenvalue weighted by atomic mass is 16.4. The molecular formula is C10H19N3O5. The van der Waals surface area contributed by atoms with Crippen molar-refractivity contribution in [2.45, 2.75) is 31.8 Å². The average Bonchev–Trinajstić information content (AvgIpc) is 2.73. The first-order valence-electron chi connectivity index (χ1n) is 5.49. The average molecular weight is 261 g/mol. The fourth-order valence-corrected chi connectivity index (χ4v) is 1.85. The molecule has 0 bridgehead atoms. The minimum Gasteiger partial charge on any atom is -0.480 e. The molecule has 0 aromatic heterocycles. The van der Waals surface area contributed by atoms with Crippen LogP contribution in [0.3, 0.4) is 0 Å². The van der Waals surface area contributed by atoms with Crippen LogP contribution in [0.2, 0.25) is 0 Å². The van der Waals surface area contributed by atoms with Crippen molar-refractivity contribution >= 4 is 17.8 Å². The van der Waals surface area contributed by atoms with Gasteiger partial charge in [-0.2, -0.15) is 0 Å². The van der Waals surface area contributed by atoms with Gasteiger partial charge < -0.3 is 26.5 Å². The maximum Gasteiger partial charge on any atom is 0.322 e. The highest BCUT2D eigenvalue weighted by molar-refractivity contribution is 5.91. The van der Waals surface area contributed by atoms with Gasteiger partial charge in [-0.1, -0.05) is 0 Å². The Kier molecular flexibility index (Phi) is 6.28. The molecule has 1 saturated heterocycles. The second kappa shape index (κ2) is 6.92. The van der Waals surface area contributed by atoms with Gasteiger partial charge in [0, 0.05) is 6.54 Å². The largest absolute Gasteiger partial charge is 0.480 e. The van der Waals surface area contributed by atoms with Crippen molar-refractivity contribution in [3.05, 3.63) is 0 Å². The predicted octanol–water partition coefficient (Wildman–Crippen LogP) is -2.30. The lowest BCUT2D eigenvalue weighted by molar-refractivity contribution is -0.141. The van der Waals surface area contributed by atoms with E-state index in [0.717, 1.165) is 6.42 Å². The number of carbonyl (C=O) groups excluding carboxylic acids is 2. The summed E-state index contributed by atoms with van der Waals surface area (Å²) in [4.78, 5) is 35.1. The zero-order chi connectivity index (χ0) is 13.0. The van der Waals surface area contributed by atoms with Crippen LogP contribution in [-0.4, -0.2) is 58.4 Å². The smallest absolute Gasteiger partial charge is 0.322 e. The van der Waals surface area contributed by atoms with Crippen LogP contribution in [0.1, 0.15) is 19.8 Å². The van der Waals surface area contributed by atoms with Crippen molar-refractivity contribution in [3.8, 4) is 0 Å². The van der Waals surface area contributed by atoms with Crippen LogP contribution in [0, 0.1) is 0 Å². The number of nitrogens with two attached hydrogens (primary N) is 1. The van der Waals surface area contributed by atoms with Crippen LogP contribution in [0.15, 0.2) is 0 Å². The van der Waals surface area contributed by atoms with Gasteiger partial charge in [0.2, 0.25) is 11.8 Å². The first kappa shape index (κ1) is 16.3. The van der Waals surface area contributed by atoms with Crippen LogP contribution in [0.25, 0.3) is 0 Å². The van der Waals surface area contributed by atoms with Gasteiger partial charge >= 0.3 is 5.97 Å². The van der Waals surface area contributed by atoms with E-state index >= 15 is 0 Å². The summed E-state index contributed by atoms with van der Waals surface area (Å²) in [5, 5.41) is 10.7. The Hall–Kier alpha value is -1.67. The Labute approximate surface area is 104 Å². The first-order chi connectivity index (χ1) is 7.93. The Morgan fingerprint density at radius 3 is 2.61 bits per heavy atom. The van der Waals surface area contributed by atoms with Crippen LogP contribution in [0.5, 0.6) is 0 Å². The molecule has 0 aromatic rings. The number of nitrogens with one attached hydrogen (secondary N) is 1. The first-order valence-corrected chi connectivity index (χ1v) is 5.49. The number of hydrogen-bond acceptors (Lipinski definition) is 4. The quantitative estimate of drug-likeness (QED) is 0.521. The molecule has 2 unspecified atom stereocenters. The summed E-state index contributed by atoms with van der Waals surface area (Å²) in [6.07, 6.45) is 1.27. The molecule has 18 heavy (non-hydrogen) atoms. The molecule has 1 rings (SSSR count). The molecule has 8 nitrogen and oxygen atoms in total. The van der Waals surface area contributed by atoms with Crippen molar-refractivity contribution in [3.63, 3.8) is 0 Å². The Balaban J connectivity index is 0.00000289. The molecular weight excluding hydrogens is 242 g/mol. The van der Waals surface area contributed by atoms with E-state index in [2.05, 4.69) is 5.32 Å². The molecule has 6 N–H and O–H groups in total. The summed E-state index contributed by atoms with van der Waals surface area (Å²) >= 11 is 0. The van der Waals surface area contributed by atoms with E-state index in [1.165, 1.54) is 4.90 Å². The molecule has 0 spiro atoms. The van der Waals surface area contributed by atoms with Gasteiger partial charge in [0.15, 0.2) is 0 Å². The van der Waals surface area contributed by atoms with Crippen molar-refractivity contribution in [2.24, 2.45) is 5.73 Å². The Morgan fingerprint density at radius 2 is 2.11 bits per heavy atom. The summed E-state index contributed by atoms with van der Waals surface area (Å²) in [5.74, 6) is -1.82.